The maximum atomic E-state index is 13.9. The predicted molar refractivity (Wildman–Crippen MR) is 62.2 cm³/mol. The van der Waals surface area contributed by atoms with Crippen LogP contribution in [0.5, 0.6) is 0 Å². The summed E-state index contributed by atoms with van der Waals surface area (Å²) in [5.74, 6) is -0.296. The van der Waals surface area contributed by atoms with Crippen molar-refractivity contribution in [3.8, 4) is 0 Å². The molecule has 1 saturated carbocycles. The molecule has 0 amide bonds. The predicted octanol–water partition coefficient (Wildman–Crippen LogP) is 3.88. The quantitative estimate of drug-likeness (QED) is 0.767. The standard InChI is InChI=1S/C13H14ClFO/c1-9(16)13(6-2-3-7-13)11-5-4-10(14)8-12(11)15/h4-5,8H,2-3,6-7H2,1H3. The van der Waals surface area contributed by atoms with Crippen LogP contribution in [0, 0.1) is 5.82 Å². The summed E-state index contributed by atoms with van der Waals surface area (Å²) in [6, 6.07) is 4.60. The van der Waals surface area contributed by atoms with Gasteiger partial charge in [0.1, 0.15) is 11.6 Å². The summed E-state index contributed by atoms with van der Waals surface area (Å²) < 4.78 is 13.9. The van der Waals surface area contributed by atoms with Gasteiger partial charge in [-0.1, -0.05) is 30.5 Å². The molecule has 0 heterocycles. The molecule has 0 unspecified atom stereocenters. The number of hydrogen-bond donors (Lipinski definition) is 0. The Morgan fingerprint density at radius 2 is 2.00 bits per heavy atom. The minimum absolute atomic E-state index is 0.0613. The average molecular weight is 241 g/mol. The van der Waals surface area contributed by atoms with E-state index in [4.69, 9.17) is 11.6 Å². The highest BCUT2D eigenvalue weighted by atomic mass is 35.5. The van der Waals surface area contributed by atoms with Crippen molar-refractivity contribution in [3.63, 3.8) is 0 Å². The molecule has 0 bridgehead atoms. The highest BCUT2D eigenvalue weighted by molar-refractivity contribution is 6.30. The van der Waals surface area contributed by atoms with Gasteiger partial charge < -0.3 is 0 Å². The fourth-order valence-corrected chi connectivity index (χ4v) is 2.83. The van der Waals surface area contributed by atoms with Crippen molar-refractivity contribution in [3.05, 3.63) is 34.6 Å². The van der Waals surface area contributed by atoms with Crippen molar-refractivity contribution in [2.45, 2.75) is 38.0 Å². The first-order valence-corrected chi connectivity index (χ1v) is 5.91. The molecule has 2 rings (SSSR count). The fourth-order valence-electron chi connectivity index (χ4n) is 2.67. The van der Waals surface area contributed by atoms with E-state index in [9.17, 15) is 9.18 Å². The number of Topliss-reactive ketones (excluding diaryl/α,β-unsaturated/α-hetero) is 1. The minimum Gasteiger partial charge on any atom is -0.299 e. The van der Waals surface area contributed by atoms with Crippen LogP contribution in [0.4, 0.5) is 4.39 Å². The highest BCUT2D eigenvalue weighted by Gasteiger charge is 2.41. The fraction of sp³-hybridized carbons (Fsp3) is 0.462. The topological polar surface area (TPSA) is 17.1 Å². The van der Waals surface area contributed by atoms with Crippen LogP contribution in [-0.4, -0.2) is 5.78 Å². The van der Waals surface area contributed by atoms with Gasteiger partial charge in [-0.05, 0) is 31.9 Å². The summed E-state index contributed by atoms with van der Waals surface area (Å²) >= 11 is 5.72. The molecular formula is C13H14ClFO. The zero-order chi connectivity index (χ0) is 11.8. The first-order valence-electron chi connectivity index (χ1n) is 5.53. The van der Waals surface area contributed by atoms with Crippen LogP contribution in [0.15, 0.2) is 18.2 Å². The molecule has 16 heavy (non-hydrogen) atoms. The normalized spacial score (nSPS) is 18.7. The van der Waals surface area contributed by atoms with Crippen LogP contribution in [0.25, 0.3) is 0 Å². The van der Waals surface area contributed by atoms with Crippen molar-refractivity contribution < 1.29 is 9.18 Å². The molecule has 1 aromatic carbocycles. The molecule has 0 N–H and O–H groups in total. The second-order valence-corrected chi connectivity index (χ2v) is 4.91. The first-order chi connectivity index (χ1) is 7.56. The van der Waals surface area contributed by atoms with E-state index in [0.29, 0.717) is 10.6 Å². The molecular weight excluding hydrogens is 227 g/mol. The van der Waals surface area contributed by atoms with Crippen molar-refractivity contribution in [2.75, 3.05) is 0 Å². The Labute approximate surface area is 99.6 Å². The lowest BCUT2D eigenvalue weighted by atomic mass is 9.75. The average Bonchev–Trinajstić information content (AvgIpc) is 2.67. The molecule has 0 aromatic heterocycles. The molecule has 1 nitrogen and oxygen atoms in total. The van der Waals surface area contributed by atoms with Crippen LogP contribution >= 0.6 is 11.6 Å². The Morgan fingerprint density at radius 1 is 1.38 bits per heavy atom. The number of carbonyl (C=O) groups excluding carboxylic acids is 1. The summed E-state index contributed by atoms with van der Waals surface area (Å²) in [6.45, 7) is 1.55. The van der Waals surface area contributed by atoms with Crippen LogP contribution in [0.2, 0.25) is 5.02 Å². The molecule has 1 aliphatic rings. The smallest absolute Gasteiger partial charge is 0.140 e. The molecule has 0 atom stereocenters. The van der Waals surface area contributed by atoms with Gasteiger partial charge in [-0.25, -0.2) is 4.39 Å². The highest BCUT2D eigenvalue weighted by Crippen LogP contribution is 2.43. The lowest BCUT2D eigenvalue weighted by Gasteiger charge is -2.26. The van der Waals surface area contributed by atoms with Gasteiger partial charge in [0, 0.05) is 10.6 Å². The lowest BCUT2D eigenvalue weighted by molar-refractivity contribution is -0.122. The number of rotatable bonds is 2. The second-order valence-electron chi connectivity index (χ2n) is 4.47. The van der Waals surface area contributed by atoms with Crippen LogP contribution in [-0.2, 0) is 10.2 Å². The van der Waals surface area contributed by atoms with Gasteiger partial charge >= 0.3 is 0 Å². The zero-order valence-corrected chi connectivity index (χ0v) is 9.98. The van der Waals surface area contributed by atoms with Gasteiger partial charge in [0.25, 0.3) is 0 Å². The second kappa shape index (κ2) is 4.17. The third-order valence-electron chi connectivity index (χ3n) is 3.58. The SMILES string of the molecule is CC(=O)C1(c2ccc(Cl)cc2F)CCCC1. The molecule has 0 saturated heterocycles. The first kappa shape index (κ1) is 11.6. The van der Waals surface area contributed by atoms with E-state index < -0.39 is 5.41 Å². The Balaban J connectivity index is 2.51. The number of halogens is 2. The third kappa shape index (κ3) is 1.75. The van der Waals surface area contributed by atoms with Gasteiger partial charge in [0.05, 0.1) is 5.41 Å². The summed E-state index contributed by atoms with van der Waals surface area (Å²) in [5.41, 5.74) is -0.0869. The van der Waals surface area contributed by atoms with Crippen molar-refractivity contribution in [2.24, 2.45) is 0 Å². The van der Waals surface area contributed by atoms with E-state index in [2.05, 4.69) is 0 Å². The molecule has 3 heteroatoms. The molecule has 86 valence electrons. The van der Waals surface area contributed by atoms with Crippen molar-refractivity contribution in [1.29, 1.82) is 0 Å². The van der Waals surface area contributed by atoms with Gasteiger partial charge in [-0.15, -0.1) is 0 Å². The van der Waals surface area contributed by atoms with E-state index >= 15 is 0 Å². The van der Waals surface area contributed by atoms with E-state index in [1.165, 1.54) is 6.07 Å². The summed E-state index contributed by atoms with van der Waals surface area (Å²) in [7, 11) is 0. The van der Waals surface area contributed by atoms with E-state index in [0.717, 1.165) is 25.7 Å². The summed E-state index contributed by atoms with van der Waals surface area (Å²) in [6.07, 6.45) is 3.48. The monoisotopic (exact) mass is 240 g/mol. The van der Waals surface area contributed by atoms with E-state index in [1.807, 2.05) is 0 Å². The van der Waals surface area contributed by atoms with Crippen LogP contribution in [0.1, 0.15) is 38.2 Å². The van der Waals surface area contributed by atoms with Crippen molar-refractivity contribution >= 4 is 17.4 Å². The zero-order valence-electron chi connectivity index (χ0n) is 9.22. The maximum absolute atomic E-state index is 13.9. The van der Waals surface area contributed by atoms with E-state index in [1.54, 1.807) is 19.1 Å². The molecule has 1 aromatic rings. The minimum atomic E-state index is -0.603. The third-order valence-corrected chi connectivity index (χ3v) is 3.81. The molecule has 1 fully saturated rings. The maximum Gasteiger partial charge on any atom is 0.140 e. The molecule has 0 aliphatic heterocycles. The molecule has 0 radical (unpaired) electrons. The number of carbonyl (C=O) groups is 1. The summed E-state index contributed by atoms with van der Waals surface area (Å²) in [5, 5.41) is 0.373. The Bertz CT molecular complexity index is 422. The van der Waals surface area contributed by atoms with E-state index in [-0.39, 0.29) is 11.6 Å². The number of benzene rings is 1. The van der Waals surface area contributed by atoms with Gasteiger partial charge in [0.15, 0.2) is 0 Å². The number of hydrogen-bond acceptors (Lipinski definition) is 1. The Hall–Kier alpha value is -0.890. The van der Waals surface area contributed by atoms with Gasteiger partial charge in [-0.2, -0.15) is 0 Å². The summed E-state index contributed by atoms with van der Waals surface area (Å²) in [4.78, 5) is 11.8. The Morgan fingerprint density at radius 3 is 2.50 bits per heavy atom. The van der Waals surface area contributed by atoms with Crippen molar-refractivity contribution in [1.82, 2.24) is 0 Å². The molecule has 1 aliphatic carbocycles. The van der Waals surface area contributed by atoms with Crippen LogP contribution in [0.3, 0.4) is 0 Å². The lowest BCUT2D eigenvalue weighted by Crippen LogP contribution is -2.31. The number of ketones is 1. The Kier molecular flexibility index (Phi) is 3.02. The van der Waals surface area contributed by atoms with Gasteiger partial charge in [-0.3, -0.25) is 4.79 Å². The van der Waals surface area contributed by atoms with Crippen LogP contribution < -0.4 is 0 Å². The molecule has 0 spiro atoms. The van der Waals surface area contributed by atoms with Gasteiger partial charge in [0.2, 0.25) is 0 Å². The largest absolute Gasteiger partial charge is 0.299 e.